The first kappa shape index (κ1) is 17.2. The predicted octanol–water partition coefficient (Wildman–Crippen LogP) is 1.82. The van der Waals surface area contributed by atoms with E-state index in [1.807, 2.05) is 0 Å². The van der Waals surface area contributed by atoms with Gasteiger partial charge in [0.05, 0.1) is 0 Å². The molecule has 0 saturated carbocycles. The minimum absolute atomic E-state index is 0.0981. The molecule has 0 aliphatic carbocycles. The van der Waals surface area contributed by atoms with Gasteiger partial charge in [-0.05, 0) is 45.1 Å². The van der Waals surface area contributed by atoms with Crippen molar-refractivity contribution >= 4 is 10.2 Å². The average molecular weight is 317 g/mol. The summed E-state index contributed by atoms with van der Waals surface area (Å²) in [7, 11) is -3.30. The van der Waals surface area contributed by atoms with E-state index in [-0.39, 0.29) is 12.1 Å². The second-order valence-corrected chi connectivity index (χ2v) is 8.51. The summed E-state index contributed by atoms with van der Waals surface area (Å²) < 4.78 is 29.6. The van der Waals surface area contributed by atoms with Crippen LogP contribution >= 0.6 is 0 Å². The SMILES string of the molecule is CCNC(C)C1CCCCN1S(=O)(=O)N1CCCC(C)C1. The van der Waals surface area contributed by atoms with Crippen molar-refractivity contribution in [2.24, 2.45) is 5.92 Å². The highest BCUT2D eigenvalue weighted by Gasteiger charge is 2.39. The van der Waals surface area contributed by atoms with Crippen LogP contribution in [0.1, 0.15) is 52.9 Å². The molecular formula is C15H31N3O2S. The zero-order valence-corrected chi connectivity index (χ0v) is 14.5. The van der Waals surface area contributed by atoms with Gasteiger partial charge in [-0.15, -0.1) is 0 Å². The maximum absolute atomic E-state index is 13.0. The summed E-state index contributed by atoms with van der Waals surface area (Å²) in [5, 5.41) is 3.40. The molecule has 2 aliphatic rings. The number of hydrogen-bond acceptors (Lipinski definition) is 3. The molecule has 0 amide bonds. The summed E-state index contributed by atoms with van der Waals surface area (Å²) >= 11 is 0. The Kier molecular flexibility index (Phi) is 6.05. The Morgan fingerprint density at radius 3 is 2.62 bits per heavy atom. The van der Waals surface area contributed by atoms with Crippen LogP contribution in [0.2, 0.25) is 0 Å². The Balaban J connectivity index is 2.15. The molecule has 2 rings (SSSR count). The van der Waals surface area contributed by atoms with Crippen LogP contribution in [0.25, 0.3) is 0 Å². The van der Waals surface area contributed by atoms with Crippen molar-refractivity contribution in [3.8, 4) is 0 Å². The molecular weight excluding hydrogens is 286 g/mol. The molecule has 6 heteroatoms. The fourth-order valence-electron chi connectivity index (χ4n) is 3.68. The molecule has 2 aliphatic heterocycles. The van der Waals surface area contributed by atoms with Crippen molar-refractivity contribution in [3.05, 3.63) is 0 Å². The van der Waals surface area contributed by atoms with Crippen molar-refractivity contribution in [1.82, 2.24) is 13.9 Å². The lowest BCUT2D eigenvalue weighted by atomic mass is 9.99. The van der Waals surface area contributed by atoms with E-state index >= 15 is 0 Å². The summed E-state index contributed by atoms with van der Waals surface area (Å²) in [4.78, 5) is 0. The first-order valence-corrected chi connectivity index (χ1v) is 9.86. The zero-order chi connectivity index (χ0) is 15.5. The van der Waals surface area contributed by atoms with Gasteiger partial charge in [-0.1, -0.05) is 20.3 Å². The number of nitrogens with zero attached hydrogens (tertiary/aromatic N) is 2. The Morgan fingerprint density at radius 2 is 1.95 bits per heavy atom. The molecule has 0 radical (unpaired) electrons. The quantitative estimate of drug-likeness (QED) is 0.841. The molecule has 3 unspecified atom stereocenters. The van der Waals surface area contributed by atoms with Crippen LogP contribution < -0.4 is 5.32 Å². The molecule has 1 N–H and O–H groups in total. The maximum atomic E-state index is 13.0. The summed E-state index contributed by atoms with van der Waals surface area (Å²) in [5.41, 5.74) is 0. The lowest BCUT2D eigenvalue weighted by molar-refractivity contribution is 0.184. The van der Waals surface area contributed by atoms with E-state index in [1.165, 1.54) is 0 Å². The van der Waals surface area contributed by atoms with Gasteiger partial charge in [-0.25, -0.2) is 0 Å². The van der Waals surface area contributed by atoms with Crippen LogP contribution in [-0.2, 0) is 10.2 Å². The third-order valence-corrected chi connectivity index (χ3v) is 6.87. The highest BCUT2D eigenvalue weighted by Crippen LogP contribution is 2.27. The number of rotatable bonds is 5. The maximum Gasteiger partial charge on any atom is 0.282 e. The van der Waals surface area contributed by atoms with Crippen LogP contribution in [0.5, 0.6) is 0 Å². The fraction of sp³-hybridized carbons (Fsp3) is 1.00. The molecule has 2 heterocycles. The van der Waals surface area contributed by atoms with Crippen LogP contribution in [0.4, 0.5) is 0 Å². The van der Waals surface area contributed by atoms with Crippen LogP contribution in [0.15, 0.2) is 0 Å². The number of piperidine rings is 2. The van der Waals surface area contributed by atoms with Gasteiger partial charge in [0.1, 0.15) is 0 Å². The Bertz CT molecular complexity index is 427. The highest BCUT2D eigenvalue weighted by atomic mass is 32.2. The fourth-order valence-corrected chi connectivity index (χ4v) is 5.77. The van der Waals surface area contributed by atoms with Crippen molar-refractivity contribution in [3.63, 3.8) is 0 Å². The lowest BCUT2D eigenvalue weighted by Crippen LogP contribution is -2.57. The van der Waals surface area contributed by atoms with Crippen LogP contribution in [-0.4, -0.2) is 55.3 Å². The van der Waals surface area contributed by atoms with E-state index in [0.717, 1.165) is 38.6 Å². The minimum atomic E-state index is -3.30. The molecule has 21 heavy (non-hydrogen) atoms. The van der Waals surface area contributed by atoms with Crippen molar-refractivity contribution in [1.29, 1.82) is 0 Å². The first-order valence-electron chi connectivity index (χ1n) is 8.47. The summed E-state index contributed by atoms with van der Waals surface area (Å²) in [6.07, 6.45) is 5.21. The van der Waals surface area contributed by atoms with Gasteiger partial charge in [-0.2, -0.15) is 17.0 Å². The van der Waals surface area contributed by atoms with Gasteiger partial charge in [0.25, 0.3) is 10.2 Å². The average Bonchev–Trinajstić information content (AvgIpc) is 2.47. The van der Waals surface area contributed by atoms with E-state index in [4.69, 9.17) is 0 Å². The second-order valence-electron chi connectivity index (χ2n) is 6.63. The molecule has 0 bridgehead atoms. The minimum Gasteiger partial charge on any atom is -0.313 e. The number of likely N-dealkylation sites (N-methyl/N-ethyl adjacent to an activating group) is 1. The van der Waals surface area contributed by atoms with E-state index in [2.05, 4.69) is 26.1 Å². The third kappa shape index (κ3) is 3.97. The van der Waals surface area contributed by atoms with Gasteiger partial charge < -0.3 is 5.32 Å². The van der Waals surface area contributed by atoms with Crippen LogP contribution in [0.3, 0.4) is 0 Å². The molecule has 3 atom stereocenters. The molecule has 0 spiro atoms. The van der Waals surface area contributed by atoms with E-state index in [9.17, 15) is 8.42 Å². The standard InChI is InChI=1S/C15H31N3O2S/c1-4-16-14(3)15-9-5-6-11-18(15)21(19,20)17-10-7-8-13(2)12-17/h13-16H,4-12H2,1-3H3. The van der Waals surface area contributed by atoms with Gasteiger partial charge in [-0.3, -0.25) is 0 Å². The van der Waals surface area contributed by atoms with E-state index in [0.29, 0.717) is 25.6 Å². The van der Waals surface area contributed by atoms with Crippen molar-refractivity contribution < 1.29 is 8.42 Å². The van der Waals surface area contributed by atoms with E-state index < -0.39 is 10.2 Å². The monoisotopic (exact) mass is 317 g/mol. The normalized spacial score (nSPS) is 31.2. The van der Waals surface area contributed by atoms with Crippen LogP contribution in [0, 0.1) is 5.92 Å². The topological polar surface area (TPSA) is 52.7 Å². The summed E-state index contributed by atoms with van der Waals surface area (Å²) in [6, 6.07) is 0.313. The molecule has 0 aromatic carbocycles. The second kappa shape index (κ2) is 7.40. The summed E-state index contributed by atoms with van der Waals surface area (Å²) in [6.45, 7) is 9.26. The molecule has 124 valence electrons. The Morgan fingerprint density at radius 1 is 1.19 bits per heavy atom. The smallest absolute Gasteiger partial charge is 0.282 e. The van der Waals surface area contributed by atoms with Gasteiger partial charge in [0, 0.05) is 31.7 Å². The first-order chi connectivity index (χ1) is 9.96. The Hall–Kier alpha value is -0.170. The molecule has 2 fully saturated rings. The largest absolute Gasteiger partial charge is 0.313 e. The van der Waals surface area contributed by atoms with Gasteiger partial charge >= 0.3 is 0 Å². The molecule has 0 aromatic rings. The van der Waals surface area contributed by atoms with Crippen molar-refractivity contribution in [2.45, 2.75) is 65.0 Å². The van der Waals surface area contributed by atoms with E-state index in [1.54, 1.807) is 8.61 Å². The zero-order valence-electron chi connectivity index (χ0n) is 13.7. The lowest BCUT2D eigenvalue weighted by Gasteiger charge is -2.42. The molecule has 2 saturated heterocycles. The Labute approximate surface area is 130 Å². The van der Waals surface area contributed by atoms with Gasteiger partial charge in [0.2, 0.25) is 0 Å². The number of nitrogens with one attached hydrogen (secondary N) is 1. The summed E-state index contributed by atoms with van der Waals surface area (Å²) in [5.74, 6) is 0.475. The van der Waals surface area contributed by atoms with Crippen molar-refractivity contribution in [2.75, 3.05) is 26.2 Å². The number of hydrogen-bond donors (Lipinski definition) is 1. The predicted molar refractivity (Wildman–Crippen MR) is 86.4 cm³/mol. The highest BCUT2D eigenvalue weighted by molar-refractivity contribution is 7.86. The molecule has 0 aromatic heterocycles. The third-order valence-electron chi connectivity index (χ3n) is 4.84. The van der Waals surface area contributed by atoms with Gasteiger partial charge in [0.15, 0.2) is 0 Å². The molecule has 5 nitrogen and oxygen atoms in total.